The fourth-order valence-corrected chi connectivity index (χ4v) is 2.75. The van der Waals surface area contributed by atoms with Gasteiger partial charge in [-0.2, -0.15) is 0 Å². The van der Waals surface area contributed by atoms with Gasteiger partial charge >= 0.3 is 0 Å². The van der Waals surface area contributed by atoms with Crippen molar-refractivity contribution < 1.29 is 22.8 Å². The second-order valence-electron chi connectivity index (χ2n) is 4.98. The molecule has 0 aromatic heterocycles. The van der Waals surface area contributed by atoms with Gasteiger partial charge in [-0.3, -0.25) is 10.0 Å². The lowest BCUT2D eigenvalue weighted by molar-refractivity contribution is 0.0707. The lowest BCUT2D eigenvalue weighted by Crippen LogP contribution is -2.20. The smallest absolute Gasteiger partial charge is 0.276 e. The maximum absolute atomic E-state index is 14.0. The first kappa shape index (κ1) is 16.9. The zero-order valence-electron chi connectivity index (χ0n) is 12.4. The summed E-state index contributed by atoms with van der Waals surface area (Å²) in [4.78, 5) is 11.7. The van der Waals surface area contributed by atoms with E-state index >= 15 is 0 Å². The van der Waals surface area contributed by atoms with Crippen LogP contribution in [0.4, 0.5) is 15.8 Å². The first-order chi connectivity index (χ1) is 10.7. The number of hydrogen-bond acceptors (Lipinski definition) is 5. The summed E-state index contributed by atoms with van der Waals surface area (Å²) in [7, 11) is -3.35. The summed E-state index contributed by atoms with van der Waals surface area (Å²) in [6.07, 6.45) is 1.09. The summed E-state index contributed by atoms with van der Waals surface area (Å²) < 4.78 is 37.1. The van der Waals surface area contributed by atoms with Crippen LogP contribution >= 0.6 is 0 Å². The van der Waals surface area contributed by atoms with Crippen molar-refractivity contribution >= 4 is 27.1 Å². The summed E-state index contributed by atoms with van der Waals surface area (Å²) in [6, 6.07) is 8.17. The maximum atomic E-state index is 14.0. The highest BCUT2D eigenvalue weighted by Gasteiger charge is 2.16. The molecule has 0 radical (unpaired) electrons. The van der Waals surface area contributed by atoms with Gasteiger partial charge in [0.25, 0.3) is 5.91 Å². The van der Waals surface area contributed by atoms with E-state index in [0.29, 0.717) is 11.3 Å². The van der Waals surface area contributed by atoms with Gasteiger partial charge in [0.1, 0.15) is 5.82 Å². The molecule has 1 amide bonds. The molecule has 0 bridgehead atoms. The first-order valence-electron chi connectivity index (χ1n) is 6.54. The van der Waals surface area contributed by atoms with Crippen LogP contribution in [-0.4, -0.2) is 25.8 Å². The van der Waals surface area contributed by atoms with Crippen molar-refractivity contribution in [3.63, 3.8) is 0 Å². The van der Waals surface area contributed by atoms with Crippen molar-refractivity contribution in [1.29, 1.82) is 0 Å². The average Bonchev–Trinajstić information content (AvgIpc) is 2.49. The third-order valence-electron chi connectivity index (χ3n) is 3.25. The van der Waals surface area contributed by atoms with Gasteiger partial charge in [-0.15, -0.1) is 0 Å². The van der Waals surface area contributed by atoms with Crippen LogP contribution in [0.1, 0.15) is 15.9 Å². The Bertz CT molecular complexity index is 866. The molecular formula is C15H15FN2O4S. The molecule has 0 unspecified atom stereocenters. The molecule has 0 aliphatic carbocycles. The molecule has 6 nitrogen and oxygen atoms in total. The zero-order chi connectivity index (χ0) is 17.2. The summed E-state index contributed by atoms with van der Waals surface area (Å²) in [6.45, 7) is 1.66. The van der Waals surface area contributed by atoms with Crippen LogP contribution in [0.25, 0.3) is 0 Å². The molecule has 0 spiro atoms. The Balaban J connectivity index is 2.46. The minimum absolute atomic E-state index is 0.0842. The molecule has 23 heavy (non-hydrogen) atoms. The van der Waals surface area contributed by atoms with E-state index < -0.39 is 21.6 Å². The maximum Gasteiger partial charge on any atom is 0.276 e. The molecule has 0 saturated carbocycles. The van der Waals surface area contributed by atoms with E-state index in [-0.39, 0.29) is 16.1 Å². The second-order valence-corrected chi connectivity index (χ2v) is 6.99. The van der Waals surface area contributed by atoms with E-state index in [1.165, 1.54) is 35.8 Å². The van der Waals surface area contributed by atoms with Gasteiger partial charge in [0, 0.05) is 11.9 Å². The van der Waals surface area contributed by atoms with Crippen molar-refractivity contribution in [1.82, 2.24) is 5.48 Å². The van der Waals surface area contributed by atoms with E-state index in [2.05, 4.69) is 5.32 Å². The number of carbonyl (C=O) groups is 1. The van der Waals surface area contributed by atoms with Gasteiger partial charge in [-0.25, -0.2) is 18.3 Å². The normalized spacial score (nSPS) is 11.1. The SMILES string of the molecule is Cc1cc(S(C)(=O)=O)ccc1Nc1c(F)cccc1C(=O)NO. The van der Waals surface area contributed by atoms with Gasteiger partial charge < -0.3 is 5.32 Å². The number of amides is 1. The number of hydrogen-bond donors (Lipinski definition) is 3. The lowest BCUT2D eigenvalue weighted by atomic mass is 10.1. The third-order valence-corrected chi connectivity index (χ3v) is 4.36. The lowest BCUT2D eigenvalue weighted by Gasteiger charge is -2.14. The Kier molecular flexibility index (Phi) is 4.67. The summed E-state index contributed by atoms with van der Waals surface area (Å²) in [5.41, 5.74) is 2.25. The van der Waals surface area contributed by atoms with E-state index in [4.69, 9.17) is 5.21 Å². The Labute approximate surface area is 132 Å². The number of benzene rings is 2. The summed E-state index contributed by atoms with van der Waals surface area (Å²) >= 11 is 0. The molecule has 2 aromatic carbocycles. The number of aryl methyl sites for hydroxylation is 1. The molecule has 0 aliphatic heterocycles. The van der Waals surface area contributed by atoms with Crippen LogP contribution in [-0.2, 0) is 9.84 Å². The second kappa shape index (κ2) is 6.35. The molecule has 3 N–H and O–H groups in total. The van der Waals surface area contributed by atoms with Crippen molar-refractivity contribution in [3.8, 4) is 0 Å². The van der Waals surface area contributed by atoms with Crippen LogP contribution in [0.5, 0.6) is 0 Å². The van der Waals surface area contributed by atoms with Crippen LogP contribution in [0.3, 0.4) is 0 Å². The fraction of sp³-hybridized carbons (Fsp3) is 0.133. The Morgan fingerprint density at radius 1 is 1.22 bits per heavy atom. The summed E-state index contributed by atoms with van der Waals surface area (Å²) in [5, 5.41) is 11.5. The molecule has 0 fully saturated rings. The van der Waals surface area contributed by atoms with E-state index in [9.17, 15) is 17.6 Å². The topological polar surface area (TPSA) is 95.5 Å². The number of carbonyl (C=O) groups excluding carboxylic acids is 1. The van der Waals surface area contributed by atoms with Crippen LogP contribution in [0, 0.1) is 12.7 Å². The highest BCUT2D eigenvalue weighted by atomic mass is 32.2. The quantitative estimate of drug-likeness (QED) is 0.588. The number of anilines is 2. The molecular weight excluding hydrogens is 323 g/mol. The molecule has 2 rings (SSSR count). The Morgan fingerprint density at radius 3 is 2.48 bits per heavy atom. The van der Waals surface area contributed by atoms with Crippen molar-refractivity contribution in [2.45, 2.75) is 11.8 Å². The van der Waals surface area contributed by atoms with Gasteiger partial charge in [0.15, 0.2) is 9.84 Å². The van der Waals surface area contributed by atoms with Crippen LogP contribution < -0.4 is 10.8 Å². The highest BCUT2D eigenvalue weighted by Crippen LogP contribution is 2.27. The Hall–Kier alpha value is -2.45. The minimum Gasteiger partial charge on any atom is -0.352 e. The summed E-state index contributed by atoms with van der Waals surface area (Å²) in [5.74, 6) is -1.55. The van der Waals surface area contributed by atoms with Crippen molar-refractivity contribution in [3.05, 3.63) is 53.3 Å². The predicted molar refractivity (Wildman–Crippen MR) is 83.2 cm³/mol. The van der Waals surface area contributed by atoms with E-state index in [1.54, 1.807) is 6.92 Å². The van der Waals surface area contributed by atoms with Crippen molar-refractivity contribution in [2.24, 2.45) is 0 Å². The zero-order valence-corrected chi connectivity index (χ0v) is 13.2. The third kappa shape index (κ3) is 3.66. The van der Waals surface area contributed by atoms with Gasteiger partial charge in [0.2, 0.25) is 0 Å². The number of rotatable bonds is 4. The first-order valence-corrected chi connectivity index (χ1v) is 8.44. The van der Waals surface area contributed by atoms with E-state index in [1.807, 2.05) is 0 Å². The number of sulfone groups is 1. The highest BCUT2D eigenvalue weighted by molar-refractivity contribution is 7.90. The number of nitrogens with one attached hydrogen (secondary N) is 2. The van der Waals surface area contributed by atoms with Crippen LogP contribution in [0.2, 0.25) is 0 Å². The minimum atomic E-state index is -3.35. The number of para-hydroxylation sites is 1. The van der Waals surface area contributed by atoms with Crippen LogP contribution in [0.15, 0.2) is 41.3 Å². The monoisotopic (exact) mass is 338 g/mol. The van der Waals surface area contributed by atoms with Crippen molar-refractivity contribution in [2.75, 3.05) is 11.6 Å². The predicted octanol–water partition coefficient (Wildman–Crippen LogP) is 2.40. The fourth-order valence-electron chi connectivity index (χ4n) is 2.04. The van der Waals surface area contributed by atoms with E-state index in [0.717, 1.165) is 12.3 Å². The van der Waals surface area contributed by atoms with Gasteiger partial charge in [0.05, 0.1) is 16.1 Å². The number of halogens is 1. The molecule has 0 saturated heterocycles. The molecule has 0 atom stereocenters. The largest absolute Gasteiger partial charge is 0.352 e. The molecule has 2 aromatic rings. The Morgan fingerprint density at radius 2 is 1.91 bits per heavy atom. The molecule has 8 heteroatoms. The molecule has 0 aliphatic rings. The molecule has 122 valence electrons. The van der Waals surface area contributed by atoms with Gasteiger partial charge in [-0.1, -0.05) is 6.07 Å². The average molecular weight is 338 g/mol. The number of hydroxylamine groups is 1. The standard InChI is InChI=1S/C15H15FN2O4S/c1-9-8-10(23(2,21)22)6-7-13(9)17-14-11(15(19)18-20)4-3-5-12(14)16/h3-8,17,20H,1-2H3,(H,18,19). The van der Waals surface area contributed by atoms with Gasteiger partial charge in [-0.05, 0) is 42.8 Å². The molecule has 0 heterocycles.